The predicted molar refractivity (Wildman–Crippen MR) is 60.5 cm³/mol. The van der Waals surface area contributed by atoms with Crippen molar-refractivity contribution in [1.82, 2.24) is 10.3 Å². The zero-order chi connectivity index (χ0) is 11.8. The van der Waals surface area contributed by atoms with Gasteiger partial charge in [-0.05, 0) is 22.9 Å². The largest absolute Gasteiger partial charge is 0.464 e. The number of rotatable bonds is 3. The van der Waals surface area contributed by atoms with Crippen LogP contribution < -0.4 is 10.1 Å². The van der Waals surface area contributed by atoms with Crippen LogP contribution in [0.3, 0.4) is 0 Å². The monoisotopic (exact) mass is 287 g/mol. The highest BCUT2D eigenvalue weighted by atomic mass is 79.9. The van der Waals surface area contributed by atoms with Crippen molar-refractivity contribution in [3.63, 3.8) is 0 Å². The normalized spacial score (nSPS) is 17.6. The number of hydrogen-bond donors (Lipinski definition) is 1. The molecule has 0 bridgehead atoms. The first kappa shape index (κ1) is 11.3. The van der Waals surface area contributed by atoms with Gasteiger partial charge in [-0.2, -0.15) is 0 Å². The van der Waals surface area contributed by atoms with E-state index in [1.165, 1.54) is 12.3 Å². The molecule has 0 aromatic carbocycles. The Balaban J connectivity index is 2.29. The standard InChI is InChI=1S/C9H10BrN3O3/c1-9(4-11-5-9)16-8-7(13(14)15)2-6(10)3-12-8/h2-3,11H,4-5H2,1H3. The van der Waals surface area contributed by atoms with Crippen LogP contribution in [0.5, 0.6) is 5.88 Å². The molecule has 1 aromatic rings. The molecule has 1 aliphatic rings. The van der Waals surface area contributed by atoms with Gasteiger partial charge in [0, 0.05) is 29.8 Å². The van der Waals surface area contributed by atoms with E-state index in [0.29, 0.717) is 17.6 Å². The van der Waals surface area contributed by atoms with E-state index in [-0.39, 0.29) is 11.6 Å². The Kier molecular flexibility index (Phi) is 2.81. The molecule has 0 radical (unpaired) electrons. The quantitative estimate of drug-likeness (QED) is 0.673. The highest BCUT2D eigenvalue weighted by Crippen LogP contribution is 2.31. The third-order valence-electron chi connectivity index (χ3n) is 2.34. The summed E-state index contributed by atoms with van der Waals surface area (Å²) in [6.07, 6.45) is 1.48. The van der Waals surface area contributed by atoms with Gasteiger partial charge in [-0.1, -0.05) is 0 Å². The first-order chi connectivity index (χ1) is 7.50. The average molecular weight is 288 g/mol. The third kappa shape index (κ3) is 2.14. The summed E-state index contributed by atoms with van der Waals surface area (Å²) in [6.45, 7) is 3.22. The Bertz CT molecular complexity index is 434. The number of ether oxygens (including phenoxy) is 1. The van der Waals surface area contributed by atoms with Gasteiger partial charge in [-0.3, -0.25) is 10.1 Å². The minimum absolute atomic E-state index is 0.0669. The van der Waals surface area contributed by atoms with Crippen molar-refractivity contribution in [2.24, 2.45) is 0 Å². The zero-order valence-electron chi connectivity index (χ0n) is 8.57. The Labute approximate surface area is 100 Å². The van der Waals surface area contributed by atoms with Crippen molar-refractivity contribution < 1.29 is 9.66 Å². The second kappa shape index (κ2) is 3.99. The number of nitrogens with zero attached hydrogens (tertiary/aromatic N) is 2. The van der Waals surface area contributed by atoms with E-state index in [1.54, 1.807) is 0 Å². The lowest BCUT2D eigenvalue weighted by molar-refractivity contribution is -0.386. The van der Waals surface area contributed by atoms with Gasteiger partial charge in [-0.15, -0.1) is 0 Å². The summed E-state index contributed by atoms with van der Waals surface area (Å²) in [7, 11) is 0. The van der Waals surface area contributed by atoms with Crippen molar-refractivity contribution in [2.45, 2.75) is 12.5 Å². The number of hydrogen-bond acceptors (Lipinski definition) is 5. The molecule has 0 aliphatic carbocycles. The van der Waals surface area contributed by atoms with Crippen LogP contribution in [0.1, 0.15) is 6.92 Å². The maximum Gasteiger partial charge on any atom is 0.332 e. The Morgan fingerprint density at radius 3 is 2.88 bits per heavy atom. The molecular formula is C9H10BrN3O3. The van der Waals surface area contributed by atoms with Crippen molar-refractivity contribution in [1.29, 1.82) is 0 Å². The smallest absolute Gasteiger partial charge is 0.332 e. The Morgan fingerprint density at radius 2 is 2.38 bits per heavy atom. The number of pyridine rings is 1. The first-order valence-corrected chi connectivity index (χ1v) is 5.49. The molecule has 1 aromatic heterocycles. The molecule has 86 valence electrons. The number of nitrogens with one attached hydrogen (secondary N) is 1. The molecule has 1 fully saturated rings. The van der Waals surface area contributed by atoms with Crippen molar-refractivity contribution in [3.8, 4) is 5.88 Å². The molecule has 1 saturated heterocycles. The van der Waals surface area contributed by atoms with Gasteiger partial charge < -0.3 is 10.1 Å². The topological polar surface area (TPSA) is 77.3 Å². The van der Waals surface area contributed by atoms with Gasteiger partial charge >= 0.3 is 5.69 Å². The summed E-state index contributed by atoms with van der Waals surface area (Å²) in [5, 5.41) is 13.9. The Hall–Kier alpha value is -1.21. The number of halogens is 1. The van der Waals surface area contributed by atoms with Crippen LogP contribution in [0.25, 0.3) is 0 Å². The van der Waals surface area contributed by atoms with Gasteiger partial charge in [0.15, 0.2) is 0 Å². The molecule has 6 nitrogen and oxygen atoms in total. The van der Waals surface area contributed by atoms with Crippen LogP contribution in [0.15, 0.2) is 16.7 Å². The van der Waals surface area contributed by atoms with E-state index in [2.05, 4.69) is 26.2 Å². The lowest BCUT2D eigenvalue weighted by Crippen LogP contribution is -2.61. The minimum Gasteiger partial charge on any atom is -0.464 e. The molecule has 0 unspecified atom stereocenters. The minimum atomic E-state index is -0.497. The zero-order valence-corrected chi connectivity index (χ0v) is 10.2. The molecule has 0 atom stereocenters. The Morgan fingerprint density at radius 1 is 1.69 bits per heavy atom. The average Bonchev–Trinajstić information content (AvgIpc) is 2.18. The van der Waals surface area contributed by atoms with Crippen molar-refractivity contribution in [2.75, 3.05) is 13.1 Å². The van der Waals surface area contributed by atoms with Gasteiger partial charge in [0.25, 0.3) is 5.88 Å². The summed E-state index contributed by atoms with van der Waals surface area (Å²) in [6, 6.07) is 1.39. The lowest BCUT2D eigenvalue weighted by Gasteiger charge is -2.38. The van der Waals surface area contributed by atoms with E-state index in [1.807, 2.05) is 6.92 Å². The maximum absolute atomic E-state index is 10.8. The molecule has 16 heavy (non-hydrogen) atoms. The van der Waals surface area contributed by atoms with E-state index in [9.17, 15) is 10.1 Å². The van der Waals surface area contributed by atoms with Gasteiger partial charge in [-0.25, -0.2) is 4.98 Å². The fraction of sp³-hybridized carbons (Fsp3) is 0.444. The van der Waals surface area contributed by atoms with E-state index in [4.69, 9.17) is 4.74 Å². The molecule has 1 N–H and O–H groups in total. The van der Waals surface area contributed by atoms with Gasteiger partial charge in [0.1, 0.15) is 5.60 Å². The lowest BCUT2D eigenvalue weighted by atomic mass is 10.0. The van der Waals surface area contributed by atoms with Crippen LogP contribution in [0.4, 0.5) is 5.69 Å². The SMILES string of the molecule is CC1(Oc2ncc(Br)cc2[N+](=O)[O-])CNC1. The fourth-order valence-corrected chi connectivity index (χ4v) is 1.73. The van der Waals surface area contributed by atoms with E-state index >= 15 is 0 Å². The third-order valence-corrected chi connectivity index (χ3v) is 2.77. The molecule has 1 aliphatic heterocycles. The van der Waals surface area contributed by atoms with E-state index in [0.717, 1.165) is 0 Å². The summed E-state index contributed by atoms with van der Waals surface area (Å²) in [4.78, 5) is 14.2. The predicted octanol–water partition coefficient (Wildman–Crippen LogP) is 1.49. The van der Waals surface area contributed by atoms with Gasteiger partial charge in [0.05, 0.1) is 4.92 Å². The van der Waals surface area contributed by atoms with Crippen LogP contribution in [-0.2, 0) is 0 Å². The number of nitro groups is 1. The fourth-order valence-electron chi connectivity index (χ4n) is 1.41. The van der Waals surface area contributed by atoms with Gasteiger partial charge in [0.2, 0.25) is 0 Å². The summed E-state index contributed by atoms with van der Waals surface area (Å²) < 4.78 is 6.11. The van der Waals surface area contributed by atoms with Crippen molar-refractivity contribution in [3.05, 3.63) is 26.9 Å². The molecular weight excluding hydrogens is 278 g/mol. The summed E-state index contributed by atoms with van der Waals surface area (Å²) in [5.41, 5.74) is -0.520. The highest BCUT2D eigenvalue weighted by Gasteiger charge is 2.36. The molecule has 0 saturated carbocycles. The molecule has 7 heteroatoms. The van der Waals surface area contributed by atoms with Crippen LogP contribution in [-0.4, -0.2) is 28.6 Å². The van der Waals surface area contributed by atoms with Crippen LogP contribution >= 0.6 is 15.9 Å². The summed E-state index contributed by atoms with van der Waals surface area (Å²) >= 11 is 3.14. The van der Waals surface area contributed by atoms with Crippen molar-refractivity contribution >= 4 is 21.6 Å². The van der Waals surface area contributed by atoms with Crippen LogP contribution in [0.2, 0.25) is 0 Å². The second-order valence-electron chi connectivity index (χ2n) is 3.89. The van der Waals surface area contributed by atoms with E-state index < -0.39 is 10.5 Å². The first-order valence-electron chi connectivity index (χ1n) is 4.70. The molecule has 2 rings (SSSR count). The maximum atomic E-state index is 10.8. The molecule has 0 spiro atoms. The number of aromatic nitrogens is 1. The molecule has 2 heterocycles. The summed E-state index contributed by atoms with van der Waals surface area (Å²) in [5.74, 6) is 0.0669. The second-order valence-corrected chi connectivity index (χ2v) is 4.81. The van der Waals surface area contributed by atoms with Crippen LogP contribution in [0, 0.1) is 10.1 Å². The highest BCUT2D eigenvalue weighted by molar-refractivity contribution is 9.10. The molecule has 0 amide bonds.